The highest BCUT2D eigenvalue weighted by atomic mass is 19.1. The van der Waals surface area contributed by atoms with E-state index in [1.165, 1.54) is 16.9 Å². The normalized spacial score (nSPS) is 9.95. The Morgan fingerprint density at radius 3 is 2.95 bits per heavy atom. The Bertz CT molecular complexity index is 657. The second kappa shape index (κ2) is 5.31. The number of aromatic nitrogens is 2. The molecule has 19 heavy (non-hydrogen) atoms. The zero-order valence-corrected chi connectivity index (χ0v) is 10.2. The first-order valence-corrected chi connectivity index (χ1v) is 5.57. The lowest BCUT2D eigenvalue weighted by atomic mass is 10.1. The fourth-order valence-electron chi connectivity index (χ4n) is 1.65. The van der Waals surface area contributed by atoms with Gasteiger partial charge in [-0.05, 0) is 11.6 Å². The third-order valence-electron chi connectivity index (χ3n) is 2.52. The molecule has 0 fully saturated rings. The fraction of sp³-hybridized carbons (Fsp3) is 0.154. The molecule has 0 saturated carbocycles. The van der Waals surface area contributed by atoms with Crippen LogP contribution in [0.15, 0.2) is 30.5 Å². The van der Waals surface area contributed by atoms with E-state index in [9.17, 15) is 9.18 Å². The summed E-state index contributed by atoms with van der Waals surface area (Å²) in [4.78, 5) is 11.8. The van der Waals surface area contributed by atoms with E-state index < -0.39 is 11.7 Å². The van der Waals surface area contributed by atoms with Crippen molar-refractivity contribution in [1.29, 1.82) is 5.26 Å². The van der Waals surface area contributed by atoms with Crippen LogP contribution < -0.4 is 5.32 Å². The lowest BCUT2D eigenvalue weighted by molar-refractivity contribution is -0.115. The number of halogens is 1. The van der Waals surface area contributed by atoms with E-state index in [2.05, 4.69) is 10.4 Å². The van der Waals surface area contributed by atoms with Crippen molar-refractivity contribution in [1.82, 2.24) is 9.78 Å². The van der Waals surface area contributed by atoms with Gasteiger partial charge >= 0.3 is 0 Å². The van der Waals surface area contributed by atoms with Gasteiger partial charge in [0.1, 0.15) is 17.4 Å². The molecule has 1 amide bonds. The van der Waals surface area contributed by atoms with E-state index in [1.54, 1.807) is 25.2 Å². The highest BCUT2D eigenvalue weighted by Gasteiger charge is 2.12. The van der Waals surface area contributed by atoms with Crippen molar-refractivity contribution < 1.29 is 9.18 Å². The number of rotatable bonds is 3. The van der Waals surface area contributed by atoms with E-state index in [4.69, 9.17) is 5.26 Å². The van der Waals surface area contributed by atoms with Crippen LogP contribution in [0.1, 0.15) is 11.1 Å². The van der Waals surface area contributed by atoms with Gasteiger partial charge in [-0.25, -0.2) is 4.39 Å². The maximum absolute atomic E-state index is 13.4. The summed E-state index contributed by atoms with van der Waals surface area (Å²) in [5, 5.41) is 15.3. The minimum Gasteiger partial charge on any atom is -0.308 e. The van der Waals surface area contributed by atoms with Crippen LogP contribution in [-0.4, -0.2) is 15.7 Å². The smallest absolute Gasteiger partial charge is 0.230 e. The van der Waals surface area contributed by atoms with Gasteiger partial charge in [0.2, 0.25) is 5.91 Å². The number of amides is 1. The summed E-state index contributed by atoms with van der Waals surface area (Å²) in [5.41, 5.74) is 0.568. The van der Waals surface area contributed by atoms with Crippen molar-refractivity contribution in [2.24, 2.45) is 7.05 Å². The van der Waals surface area contributed by atoms with Crippen molar-refractivity contribution in [3.63, 3.8) is 0 Å². The monoisotopic (exact) mass is 258 g/mol. The summed E-state index contributed by atoms with van der Waals surface area (Å²) in [6.45, 7) is 0. The molecule has 0 aliphatic heterocycles. The van der Waals surface area contributed by atoms with Gasteiger partial charge in [0.15, 0.2) is 5.82 Å². The zero-order chi connectivity index (χ0) is 13.8. The summed E-state index contributed by atoms with van der Waals surface area (Å²) in [6, 6.07) is 7.98. The van der Waals surface area contributed by atoms with Crippen LogP contribution in [0.3, 0.4) is 0 Å². The molecule has 6 heteroatoms. The van der Waals surface area contributed by atoms with Crippen LogP contribution in [0.4, 0.5) is 10.2 Å². The fourth-order valence-corrected chi connectivity index (χ4v) is 1.65. The molecule has 0 bridgehead atoms. The molecule has 96 valence electrons. The largest absolute Gasteiger partial charge is 0.308 e. The van der Waals surface area contributed by atoms with Crippen molar-refractivity contribution in [2.45, 2.75) is 6.42 Å². The van der Waals surface area contributed by atoms with Crippen molar-refractivity contribution in [2.75, 3.05) is 5.32 Å². The van der Waals surface area contributed by atoms with E-state index in [0.717, 1.165) is 0 Å². The van der Waals surface area contributed by atoms with Crippen molar-refractivity contribution in [3.05, 3.63) is 47.4 Å². The maximum atomic E-state index is 13.4. The number of aryl methyl sites for hydroxylation is 1. The Balaban J connectivity index is 2.10. The molecule has 0 unspecified atom stereocenters. The summed E-state index contributed by atoms with van der Waals surface area (Å²) in [6.07, 6.45) is 1.40. The molecule has 1 heterocycles. The average Bonchev–Trinajstić information content (AvgIpc) is 2.72. The number of nitrogens with one attached hydrogen (secondary N) is 1. The Morgan fingerprint density at radius 1 is 1.53 bits per heavy atom. The van der Waals surface area contributed by atoms with E-state index in [0.29, 0.717) is 5.56 Å². The molecular weight excluding hydrogens is 247 g/mol. The molecule has 0 atom stereocenters. The summed E-state index contributed by atoms with van der Waals surface area (Å²) < 4.78 is 14.8. The highest BCUT2D eigenvalue weighted by Crippen LogP contribution is 2.12. The molecule has 0 aliphatic carbocycles. The number of anilines is 1. The predicted octanol–water partition coefficient (Wildman–Crippen LogP) is 1.61. The average molecular weight is 258 g/mol. The second-order valence-corrected chi connectivity index (χ2v) is 3.99. The molecule has 1 N–H and O–H groups in total. The lowest BCUT2D eigenvalue weighted by Gasteiger charge is -2.03. The Labute approximate surface area is 109 Å². The summed E-state index contributed by atoms with van der Waals surface area (Å²) in [5.74, 6) is -0.661. The molecule has 0 saturated heterocycles. The van der Waals surface area contributed by atoms with Gasteiger partial charge in [0.05, 0.1) is 6.42 Å². The molecule has 0 aliphatic rings. The lowest BCUT2D eigenvalue weighted by Crippen LogP contribution is -2.16. The molecule has 1 aromatic heterocycles. The third-order valence-corrected chi connectivity index (χ3v) is 2.52. The third kappa shape index (κ3) is 2.96. The molecule has 1 aromatic carbocycles. The number of carbonyl (C=O) groups is 1. The van der Waals surface area contributed by atoms with Gasteiger partial charge in [-0.1, -0.05) is 18.2 Å². The van der Waals surface area contributed by atoms with Gasteiger partial charge in [0, 0.05) is 13.2 Å². The van der Waals surface area contributed by atoms with Gasteiger partial charge in [-0.3, -0.25) is 9.48 Å². The SMILES string of the molecule is Cn1cc(C#N)c(NC(=O)Cc2ccccc2F)n1. The zero-order valence-electron chi connectivity index (χ0n) is 10.2. The Kier molecular flexibility index (Phi) is 3.57. The quantitative estimate of drug-likeness (QED) is 0.909. The van der Waals surface area contributed by atoms with Gasteiger partial charge < -0.3 is 5.32 Å². The van der Waals surface area contributed by atoms with Gasteiger partial charge in [-0.2, -0.15) is 10.4 Å². The van der Waals surface area contributed by atoms with Crippen LogP contribution in [0.2, 0.25) is 0 Å². The standard InChI is InChI=1S/C13H11FN4O/c1-18-8-10(7-15)13(17-18)16-12(19)6-9-4-2-3-5-11(9)14/h2-5,8H,6H2,1H3,(H,16,17,19). The number of benzene rings is 1. The minimum atomic E-state index is -0.431. The van der Waals surface area contributed by atoms with Crippen LogP contribution in [0, 0.1) is 17.1 Å². The Morgan fingerprint density at radius 2 is 2.26 bits per heavy atom. The van der Waals surface area contributed by atoms with Crippen LogP contribution in [0.25, 0.3) is 0 Å². The molecule has 0 radical (unpaired) electrons. The minimum absolute atomic E-state index is 0.103. The van der Waals surface area contributed by atoms with Gasteiger partial charge in [0.25, 0.3) is 0 Å². The molecule has 2 aromatic rings. The molecular formula is C13H11FN4O. The molecule has 2 rings (SSSR count). The molecule has 5 nitrogen and oxygen atoms in total. The first-order chi connectivity index (χ1) is 9.10. The van der Waals surface area contributed by atoms with E-state index >= 15 is 0 Å². The summed E-state index contributed by atoms with van der Waals surface area (Å²) >= 11 is 0. The number of nitriles is 1. The number of hydrogen-bond donors (Lipinski definition) is 1. The number of nitrogens with zero attached hydrogens (tertiary/aromatic N) is 3. The first-order valence-electron chi connectivity index (χ1n) is 5.57. The molecule has 0 spiro atoms. The van der Waals surface area contributed by atoms with E-state index in [1.807, 2.05) is 6.07 Å². The van der Waals surface area contributed by atoms with Crippen molar-refractivity contribution in [3.8, 4) is 6.07 Å². The van der Waals surface area contributed by atoms with Crippen LogP contribution in [0.5, 0.6) is 0 Å². The number of hydrogen-bond acceptors (Lipinski definition) is 3. The summed E-state index contributed by atoms with van der Waals surface area (Å²) in [7, 11) is 1.65. The maximum Gasteiger partial charge on any atom is 0.230 e. The Hall–Kier alpha value is -2.68. The van der Waals surface area contributed by atoms with Crippen LogP contribution in [-0.2, 0) is 18.3 Å². The van der Waals surface area contributed by atoms with Crippen LogP contribution >= 0.6 is 0 Å². The number of carbonyl (C=O) groups excluding carboxylic acids is 1. The second-order valence-electron chi connectivity index (χ2n) is 3.99. The van der Waals surface area contributed by atoms with Crippen molar-refractivity contribution >= 4 is 11.7 Å². The first kappa shape index (κ1) is 12.8. The highest BCUT2D eigenvalue weighted by molar-refractivity contribution is 5.92. The predicted molar refractivity (Wildman–Crippen MR) is 66.7 cm³/mol. The topological polar surface area (TPSA) is 70.7 Å². The van der Waals surface area contributed by atoms with Gasteiger partial charge in [-0.15, -0.1) is 0 Å². The van der Waals surface area contributed by atoms with E-state index in [-0.39, 0.29) is 17.8 Å².